The van der Waals surface area contributed by atoms with Crippen molar-refractivity contribution in [2.75, 3.05) is 23.0 Å². The zero-order valence-corrected chi connectivity index (χ0v) is 12.4. The van der Waals surface area contributed by atoms with E-state index in [9.17, 15) is 19.7 Å². The van der Waals surface area contributed by atoms with E-state index in [4.69, 9.17) is 15.0 Å². The SMILES string of the molecule is Nc1nc(O)c2c(n1)N[C@@H]1O[C@@H]3COP(=O)(O)O[C@@H]3[C@@H](O)[C@@H]1N2. The fourth-order valence-corrected chi connectivity index (χ4v) is 3.82. The number of nitrogens with zero attached hydrogens (tertiary/aromatic N) is 2. The Kier molecular flexibility index (Phi) is 3.17. The van der Waals surface area contributed by atoms with Crippen LogP contribution in [-0.2, 0) is 18.3 Å². The first-order valence-corrected chi connectivity index (χ1v) is 8.22. The maximum absolute atomic E-state index is 11.5. The lowest BCUT2D eigenvalue weighted by molar-refractivity contribution is -0.191. The number of anilines is 3. The van der Waals surface area contributed by atoms with Gasteiger partial charge in [0.2, 0.25) is 11.8 Å². The van der Waals surface area contributed by atoms with Crippen LogP contribution in [0.2, 0.25) is 0 Å². The number of hydrogen-bond acceptors (Lipinski definition) is 11. The second-order valence-corrected chi connectivity index (χ2v) is 6.77. The number of phosphoric ester groups is 1. The number of phosphoric acid groups is 1. The monoisotopic (exact) mass is 347 g/mol. The van der Waals surface area contributed by atoms with Crippen LogP contribution in [0.4, 0.5) is 17.5 Å². The summed E-state index contributed by atoms with van der Waals surface area (Å²) in [6.45, 7) is -0.204. The van der Waals surface area contributed by atoms with Gasteiger partial charge in [0, 0.05) is 0 Å². The van der Waals surface area contributed by atoms with Gasteiger partial charge in [-0.2, -0.15) is 9.97 Å². The van der Waals surface area contributed by atoms with Gasteiger partial charge in [-0.25, -0.2) is 4.57 Å². The third-order valence-electron chi connectivity index (χ3n) is 3.87. The van der Waals surface area contributed by atoms with Crippen LogP contribution in [0.3, 0.4) is 0 Å². The topological polar surface area (TPSA) is 181 Å². The molecule has 13 heteroatoms. The highest BCUT2D eigenvalue weighted by molar-refractivity contribution is 7.47. The van der Waals surface area contributed by atoms with Crippen molar-refractivity contribution < 1.29 is 33.5 Å². The van der Waals surface area contributed by atoms with Crippen molar-refractivity contribution in [3.63, 3.8) is 0 Å². The lowest BCUT2D eigenvalue weighted by atomic mass is 9.94. The number of fused-ring (bicyclic) bond motifs is 3. The van der Waals surface area contributed by atoms with Crippen LogP contribution in [0.15, 0.2) is 0 Å². The van der Waals surface area contributed by atoms with E-state index >= 15 is 0 Å². The lowest BCUT2D eigenvalue weighted by Gasteiger charge is -2.48. The van der Waals surface area contributed by atoms with Crippen LogP contribution < -0.4 is 16.4 Å². The summed E-state index contributed by atoms with van der Waals surface area (Å²) >= 11 is 0. The highest BCUT2D eigenvalue weighted by atomic mass is 31.2. The van der Waals surface area contributed by atoms with Gasteiger partial charge >= 0.3 is 7.82 Å². The quantitative estimate of drug-likeness (QED) is 0.301. The number of rotatable bonds is 0. The number of nitrogens with one attached hydrogen (secondary N) is 2. The first kappa shape index (κ1) is 14.9. The zero-order valence-electron chi connectivity index (χ0n) is 11.5. The number of aromatic nitrogens is 2. The lowest BCUT2D eigenvalue weighted by Crippen LogP contribution is -2.65. The summed E-state index contributed by atoms with van der Waals surface area (Å²) in [7, 11) is -4.22. The molecule has 0 saturated carbocycles. The molecule has 0 aromatic carbocycles. The summed E-state index contributed by atoms with van der Waals surface area (Å²) in [5.74, 6) is -0.310. The van der Waals surface area contributed by atoms with E-state index in [1.165, 1.54) is 0 Å². The Hall–Kier alpha value is -1.69. The van der Waals surface area contributed by atoms with Gasteiger partial charge in [0.05, 0.1) is 6.61 Å². The molecular weight excluding hydrogens is 333 g/mol. The molecule has 12 nitrogen and oxygen atoms in total. The minimum atomic E-state index is -4.22. The second kappa shape index (κ2) is 4.90. The average Bonchev–Trinajstić information content (AvgIpc) is 2.46. The first-order valence-electron chi connectivity index (χ1n) is 6.73. The third-order valence-corrected chi connectivity index (χ3v) is 4.86. The normalized spacial score (nSPS) is 41.7. The van der Waals surface area contributed by atoms with Crippen molar-refractivity contribution in [3.05, 3.63) is 0 Å². The molecule has 6 atom stereocenters. The minimum absolute atomic E-state index is 0.131. The van der Waals surface area contributed by atoms with Crippen LogP contribution in [0, 0.1) is 0 Å². The highest BCUT2D eigenvalue weighted by Gasteiger charge is 2.53. The molecule has 2 saturated heterocycles. The van der Waals surface area contributed by atoms with Gasteiger partial charge in [-0.1, -0.05) is 0 Å². The summed E-state index contributed by atoms with van der Waals surface area (Å²) in [6.07, 6.45) is -3.76. The van der Waals surface area contributed by atoms with Gasteiger partial charge in [-0.15, -0.1) is 0 Å². The van der Waals surface area contributed by atoms with E-state index in [1.807, 2.05) is 0 Å². The molecule has 4 rings (SSSR count). The van der Waals surface area contributed by atoms with Crippen molar-refractivity contribution >= 4 is 25.3 Å². The standard InChI is InChI=1S/C10H14N5O7P/c11-10-14-7-4(8(17)15-10)12-3-5(16)6-2(21-9(3)13-7)1-20-23(18,19)22-6/h2-3,5-6,9,12,16H,1H2,(H,18,19)(H4,11,13,14,15,17)/t2-,3+,5+,6+,9-/m1/s1. The fraction of sp³-hybridized carbons (Fsp3) is 0.600. The summed E-state index contributed by atoms with van der Waals surface area (Å²) < 4.78 is 26.8. The molecule has 0 spiro atoms. The van der Waals surface area contributed by atoms with E-state index in [-0.39, 0.29) is 24.1 Å². The predicted molar refractivity (Wildman–Crippen MR) is 74.5 cm³/mol. The molecule has 4 heterocycles. The van der Waals surface area contributed by atoms with Crippen molar-refractivity contribution in [1.82, 2.24) is 9.97 Å². The first-order chi connectivity index (χ1) is 10.8. The molecule has 0 aliphatic carbocycles. The molecule has 7 N–H and O–H groups in total. The van der Waals surface area contributed by atoms with Crippen LogP contribution in [0.5, 0.6) is 5.88 Å². The third kappa shape index (κ3) is 2.40. The van der Waals surface area contributed by atoms with Gasteiger partial charge in [0.15, 0.2) is 12.0 Å². The van der Waals surface area contributed by atoms with Gasteiger partial charge in [0.1, 0.15) is 30.0 Å². The van der Waals surface area contributed by atoms with Crippen LogP contribution in [0.25, 0.3) is 0 Å². The van der Waals surface area contributed by atoms with Crippen molar-refractivity contribution in [2.24, 2.45) is 0 Å². The summed E-state index contributed by atoms with van der Waals surface area (Å²) in [6, 6.07) is -0.778. The van der Waals surface area contributed by atoms with Crippen LogP contribution >= 0.6 is 7.82 Å². The summed E-state index contributed by atoms with van der Waals surface area (Å²) in [5, 5.41) is 26.0. The summed E-state index contributed by atoms with van der Waals surface area (Å²) in [4.78, 5) is 17.0. The van der Waals surface area contributed by atoms with Gasteiger partial charge in [0.25, 0.3) is 0 Å². The maximum Gasteiger partial charge on any atom is 0.472 e. The number of hydrogen-bond donors (Lipinski definition) is 6. The van der Waals surface area contributed by atoms with E-state index in [0.29, 0.717) is 0 Å². The van der Waals surface area contributed by atoms with Gasteiger partial charge in [-0.3, -0.25) is 9.05 Å². The number of aliphatic hydroxyl groups excluding tert-OH is 1. The van der Waals surface area contributed by atoms with Crippen LogP contribution in [-0.4, -0.2) is 62.3 Å². The van der Waals surface area contributed by atoms with Crippen molar-refractivity contribution in [3.8, 4) is 5.88 Å². The fourth-order valence-electron chi connectivity index (χ4n) is 2.86. The molecule has 2 fully saturated rings. The maximum atomic E-state index is 11.5. The van der Waals surface area contributed by atoms with Gasteiger partial charge < -0.3 is 36.2 Å². The number of nitrogens with two attached hydrogens (primary N) is 1. The Balaban J connectivity index is 1.65. The second-order valence-electron chi connectivity index (χ2n) is 5.36. The zero-order chi connectivity index (χ0) is 16.4. The Morgan fingerprint density at radius 3 is 2.91 bits per heavy atom. The molecule has 126 valence electrons. The van der Waals surface area contributed by atoms with E-state index in [0.717, 1.165) is 0 Å². The number of aromatic hydroxyl groups is 1. The summed E-state index contributed by atoms with van der Waals surface area (Å²) in [5.41, 5.74) is 5.61. The van der Waals surface area contributed by atoms with E-state index < -0.39 is 44.3 Å². The molecular formula is C10H14N5O7P. The molecule has 23 heavy (non-hydrogen) atoms. The number of ether oxygens (including phenoxy) is 1. The molecule has 1 unspecified atom stereocenters. The van der Waals surface area contributed by atoms with E-state index in [2.05, 4.69) is 25.1 Å². The molecule has 0 bridgehead atoms. The number of nitrogen functional groups attached to an aromatic ring is 1. The van der Waals surface area contributed by atoms with E-state index in [1.54, 1.807) is 0 Å². The van der Waals surface area contributed by atoms with Crippen molar-refractivity contribution in [2.45, 2.75) is 30.6 Å². The largest absolute Gasteiger partial charge is 0.492 e. The smallest absolute Gasteiger partial charge is 0.472 e. The molecule has 1 aromatic heterocycles. The number of aliphatic hydroxyl groups is 1. The molecule has 0 radical (unpaired) electrons. The molecule has 3 aliphatic rings. The Morgan fingerprint density at radius 1 is 1.35 bits per heavy atom. The molecule has 1 aromatic rings. The molecule has 3 aliphatic heterocycles. The van der Waals surface area contributed by atoms with Crippen LogP contribution in [0.1, 0.15) is 0 Å². The van der Waals surface area contributed by atoms with Crippen molar-refractivity contribution in [1.29, 1.82) is 0 Å². The Labute approximate surface area is 129 Å². The minimum Gasteiger partial charge on any atom is -0.492 e. The predicted octanol–water partition coefficient (Wildman–Crippen LogP) is -1.43. The molecule has 0 amide bonds. The Morgan fingerprint density at radius 2 is 2.13 bits per heavy atom. The Bertz CT molecular complexity index is 704. The highest BCUT2D eigenvalue weighted by Crippen LogP contribution is 2.51. The average molecular weight is 347 g/mol. The van der Waals surface area contributed by atoms with Gasteiger partial charge in [-0.05, 0) is 0 Å².